The number of aryl methyl sites for hydroxylation is 2. The van der Waals surface area contributed by atoms with Gasteiger partial charge in [0.2, 0.25) is 0 Å². The predicted octanol–water partition coefficient (Wildman–Crippen LogP) is 4.31. The zero-order valence-electron chi connectivity index (χ0n) is 10.3. The fraction of sp³-hybridized carbons (Fsp3) is 0.214. The highest BCUT2D eigenvalue weighted by Crippen LogP contribution is 2.22. The summed E-state index contributed by atoms with van der Waals surface area (Å²) in [5.74, 6) is 0.0612. The van der Waals surface area contributed by atoms with E-state index in [1.54, 1.807) is 12.1 Å². The first-order valence-corrected chi connectivity index (χ1v) is 6.85. The van der Waals surface area contributed by atoms with Crippen molar-refractivity contribution in [1.29, 1.82) is 0 Å². The van der Waals surface area contributed by atoms with E-state index in [2.05, 4.69) is 11.4 Å². The van der Waals surface area contributed by atoms with Gasteiger partial charge in [0.1, 0.15) is 0 Å². The van der Waals surface area contributed by atoms with Crippen LogP contribution in [0.25, 0.3) is 0 Å². The predicted molar refractivity (Wildman–Crippen MR) is 78.1 cm³/mol. The van der Waals surface area contributed by atoms with Gasteiger partial charge in [-0.15, -0.1) is 11.3 Å². The first-order chi connectivity index (χ1) is 8.54. The summed E-state index contributed by atoms with van der Waals surface area (Å²) in [6.45, 7) is 4.37. The topological polar surface area (TPSA) is 29.1 Å². The zero-order chi connectivity index (χ0) is 13.1. The van der Waals surface area contributed by atoms with E-state index in [0.29, 0.717) is 15.8 Å². The molecule has 0 fully saturated rings. The number of carbonyl (C=O) groups is 1. The molecule has 94 valence electrons. The van der Waals surface area contributed by atoms with Crippen molar-refractivity contribution in [3.8, 4) is 0 Å². The Labute approximate surface area is 116 Å². The Kier molecular flexibility index (Phi) is 4.04. The van der Waals surface area contributed by atoms with Crippen molar-refractivity contribution < 1.29 is 4.79 Å². The highest BCUT2D eigenvalue weighted by molar-refractivity contribution is 7.18. The molecule has 2 rings (SSSR count). The maximum absolute atomic E-state index is 11.9. The highest BCUT2D eigenvalue weighted by atomic mass is 35.5. The molecule has 0 bridgehead atoms. The number of rotatable bonds is 4. The first-order valence-electron chi connectivity index (χ1n) is 5.65. The second-order valence-corrected chi connectivity index (χ2v) is 5.97. The number of hydrogen-bond donors (Lipinski definition) is 1. The van der Waals surface area contributed by atoms with E-state index in [1.807, 2.05) is 26.0 Å². The van der Waals surface area contributed by atoms with E-state index < -0.39 is 0 Å². The van der Waals surface area contributed by atoms with Crippen LogP contribution in [0.15, 0.2) is 30.3 Å². The molecule has 0 saturated carbocycles. The molecular formula is C14H14ClNOS. The van der Waals surface area contributed by atoms with Gasteiger partial charge in [-0.1, -0.05) is 17.7 Å². The SMILES string of the molecule is Cc1cc(C)cc(NCC(=O)c2ccc(Cl)s2)c1. The second kappa shape index (κ2) is 5.55. The van der Waals surface area contributed by atoms with Crippen LogP contribution in [0.3, 0.4) is 0 Å². The number of Topliss-reactive ketones (excluding diaryl/α,β-unsaturated/α-hetero) is 1. The van der Waals surface area contributed by atoms with E-state index >= 15 is 0 Å². The van der Waals surface area contributed by atoms with E-state index in [9.17, 15) is 4.79 Å². The minimum Gasteiger partial charge on any atom is -0.378 e. The average Bonchev–Trinajstić information content (AvgIpc) is 2.71. The zero-order valence-corrected chi connectivity index (χ0v) is 11.9. The molecule has 18 heavy (non-hydrogen) atoms. The van der Waals surface area contributed by atoms with Crippen LogP contribution in [-0.2, 0) is 0 Å². The molecule has 0 saturated heterocycles. The van der Waals surface area contributed by atoms with Crippen LogP contribution in [0.1, 0.15) is 20.8 Å². The maximum atomic E-state index is 11.9. The molecule has 0 spiro atoms. The molecule has 0 unspecified atom stereocenters. The molecule has 0 radical (unpaired) electrons. The summed E-state index contributed by atoms with van der Waals surface area (Å²) < 4.78 is 0.643. The van der Waals surface area contributed by atoms with Crippen LogP contribution >= 0.6 is 22.9 Å². The summed E-state index contributed by atoms with van der Waals surface area (Å²) in [5, 5.41) is 3.15. The lowest BCUT2D eigenvalue weighted by molar-refractivity contribution is 0.101. The average molecular weight is 280 g/mol. The Morgan fingerprint density at radius 2 is 1.89 bits per heavy atom. The third kappa shape index (κ3) is 3.34. The molecule has 2 aromatic rings. The van der Waals surface area contributed by atoms with Gasteiger partial charge in [-0.2, -0.15) is 0 Å². The van der Waals surface area contributed by atoms with Crippen molar-refractivity contribution in [2.45, 2.75) is 13.8 Å². The lowest BCUT2D eigenvalue weighted by Gasteiger charge is -2.07. The van der Waals surface area contributed by atoms with Gasteiger partial charge < -0.3 is 5.32 Å². The summed E-state index contributed by atoms with van der Waals surface area (Å²) in [7, 11) is 0. The minimum atomic E-state index is 0.0612. The van der Waals surface area contributed by atoms with Crippen LogP contribution in [0.4, 0.5) is 5.69 Å². The molecule has 1 N–H and O–H groups in total. The molecular weight excluding hydrogens is 266 g/mol. The molecule has 1 aromatic heterocycles. The van der Waals surface area contributed by atoms with Gasteiger partial charge in [-0.3, -0.25) is 4.79 Å². The third-order valence-electron chi connectivity index (χ3n) is 2.52. The molecule has 1 heterocycles. The highest BCUT2D eigenvalue weighted by Gasteiger charge is 2.08. The fourth-order valence-corrected chi connectivity index (χ4v) is 2.79. The largest absolute Gasteiger partial charge is 0.378 e. The molecule has 0 amide bonds. The van der Waals surface area contributed by atoms with Crippen molar-refractivity contribution >= 4 is 34.4 Å². The quantitative estimate of drug-likeness (QED) is 0.845. The summed E-state index contributed by atoms with van der Waals surface area (Å²) in [5.41, 5.74) is 3.34. The van der Waals surface area contributed by atoms with Crippen molar-refractivity contribution in [3.05, 3.63) is 50.7 Å². The van der Waals surface area contributed by atoms with Crippen LogP contribution in [0, 0.1) is 13.8 Å². The Balaban J connectivity index is 2.01. The van der Waals surface area contributed by atoms with Gasteiger partial charge in [0.15, 0.2) is 5.78 Å². The standard InChI is InChI=1S/C14H14ClNOS/c1-9-5-10(2)7-11(6-9)16-8-12(17)13-3-4-14(15)18-13/h3-7,16H,8H2,1-2H3. The second-order valence-electron chi connectivity index (χ2n) is 4.26. The van der Waals surface area contributed by atoms with Crippen LogP contribution < -0.4 is 5.32 Å². The van der Waals surface area contributed by atoms with Gasteiger partial charge >= 0.3 is 0 Å². The molecule has 2 nitrogen and oxygen atoms in total. The van der Waals surface area contributed by atoms with Gasteiger partial charge in [-0.05, 0) is 49.2 Å². The number of ketones is 1. The van der Waals surface area contributed by atoms with Crippen molar-refractivity contribution in [2.75, 3.05) is 11.9 Å². The van der Waals surface area contributed by atoms with E-state index in [4.69, 9.17) is 11.6 Å². The number of anilines is 1. The number of benzene rings is 1. The molecule has 0 aliphatic heterocycles. The number of carbonyl (C=O) groups excluding carboxylic acids is 1. The summed E-state index contributed by atoms with van der Waals surface area (Å²) in [6.07, 6.45) is 0. The lowest BCUT2D eigenvalue weighted by atomic mass is 10.1. The number of thiophene rings is 1. The fourth-order valence-electron chi connectivity index (χ4n) is 1.81. The van der Waals surface area contributed by atoms with Gasteiger partial charge in [0, 0.05) is 5.69 Å². The van der Waals surface area contributed by atoms with E-state index in [1.165, 1.54) is 22.5 Å². The molecule has 1 aromatic carbocycles. The first kappa shape index (κ1) is 13.1. The Bertz CT molecular complexity index is 557. The molecule has 0 aliphatic rings. The maximum Gasteiger partial charge on any atom is 0.191 e. The number of hydrogen-bond acceptors (Lipinski definition) is 3. The van der Waals surface area contributed by atoms with Gasteiger partial charge in [-0.25, -0.2) is 0 Å². The monoisotopic (exact) mass is 279 g/mol. The minimum absolute atomic E-state index is 0.0612. The summed E-state index contributed by atoms with van der Waals surface area (Å²) >= 11 is 7.12. The normalized spacial score (nSPS) is 10.4. The van der Waals surface area contributed by atoms with Crippen LogP contribution in [-0.4, -0.2) is 12.3 Å². The van der Waals surface area contributed by atoms with Crippen LogP contribution in [0.5, 0.6) is 0 Å². The molecule has 4 heteroatoms. The molecule has 0 aliphatic carbocycles. The Morgan fingerprint density at radius 1 is 1.22 bits per heavy atom. The Morgan fingerprint density at radius 3 is 2.44 bits per heavy atom. The van der Waals surface area contributed by atoms with Crippen molar-refractivity contribution in [2.24, 2.45) is 0 Å². The van der Waals surface area contributed by atoms with Crippen molar-refractivity contribution in [3.63, 3.8) is 0 Å². The van der Waals surface area contributed by atoms with E-state index in [0.717, 1.165) is 5.69 Å². The summed E-state index contributed by atoms with van der Waals surface area (Å²) in [6, 6.07) is 9.67. The smallest absolute Gasteiger partial charge is 0.191 e. The van der Waals surface area contributed by atoms with Crippen molar-refractivity contribution in [1.82, 2.24) is 0 Å². The Hall–Kier alpha value is -1.32. The third-order valence-corrected chi connectivity index (χ3v) is 3.79. The van der Waals surface area contributed by atoms with Crippen LogP contribution in [0.2, 0.25) is 4.34 Å². The summed E-state index contributed by atoms with van der Waals surface area (Å²) in [4.78, 5) is 12.6. The van der Waals surface area contributed by atoms with Gasteiger partial charge in [0.05, 0.1) is 15.8 Å². The number of nitrogens with one attached hydrogen (secondary N) is 1. The lowest BCUT2D eigenvalue weighted by Crippen LogP contribution is -2.12. The van der Waals surface area contributed by atoms with E-state index in [-0.39, 0.29) is 5.78 Å². The van der Waals surface area contributed by atoms with Gasteiger partial charge in [0.25, 0.3) is 0 Å². The molecule has 0 atom stereocenters. The number of halogens is 1.